The van der Waals surface area contributed by atoms with Gasteiger partial charge in [0, 0.05) is 30.9 Å². The maximum Gasteiger partial charge on any atom is 0.416 e. The Balaban J connectivity index is 1.64. The summed E-state index contributed by atoms with van der Waals surface area (Å²) in [6.45, 7) is 1.44. The van der Waals surface area contributed by atoms with Gasteiger partial charge in [0.25, 0.3) is 5.91 Å². The Kier molecular flexibility index (Phi) is 5.80. The van der Waals surface area contributed by atoms with E-state index in [1.165, 1.54) is 39.5 Å². The molecule has 0 saturated carbocycles. The summed E-state index contributed by atoms with van der Waals surface area (Å²) in [6, 6.07) is 9.12. The maximum atomic E-state index is 13.2. The zero-order chi connectivity index (χ0) is 22.2. The summed E-state index contributed by atoms with van der Waals surface area (Å²) in [6.07, 6.45) is -3.50. The predicted molar refractivity (Wildman–Crippen MR) is 107 cm³/mol. The SMILES string of the molecule is O=C(c1cccc(S(=O)(=O)N2CCOCC2)c1)N1CCCc2cc(C(F)(F)F)ccc21. The normalized spacial score (nSPS) is 18.0. The van der Waals surface area contributed by atoms with Crippen molar-refractivity contribution < 1.29 is 31.1 Å². The highest BCUT2D eigenvalue weighted by Crippen LogP contribution is 2.35. The van der Waals surface area contributed by atoms with Crippen LogP contribution >= 0.6 is 0 Å². The number of hydrogen-bond acceptors (Lipinski definition) is 4. The number of hydrogen-bond donors (Lipinski definition) is 0. The molecular weight excluding hydrogens is 433 g/mol. The zero-order valence-corrected chi connectivity index (χ0v) is 17.4. The Labute approximate surface area is 178 Å². The van der Waals surface area contributed by atoms with Crippen LogP contribution in [0.25, 0.3) is 0 Å². The molecule has 2 aliphatic rings. The first-order chi connectivity index (χ1) is 14.7. The molecule has 1 saturated heterocycles. The van der Waals surface area contributed by atoms with Gasteiger partial charge in [-0.2, -0.15) is 17.5 Å². The molecule has 0 N–H and O–H groups in total. The third-order valence-electron chi connectivity index (χ3n) is 5.46. The molecule has 166 valence electrons. The van der Waals surface area contributed by atoms with Crippen molar-refractivity contribution in [2.24, 2.45) is 0 Å². The van der Waals surface area contributed by atoms with E-state index in [1.54, 1.807) is 0 Å². The standard InChI is InChI=1S/C21H21F3N2O4S/c22-21(23,24)17-6-7-19-15(13-17)4-2-8-26(19)20(27)16-3-1-5-18(14-16)31(28,29)25-9-11-30-12-10-25/h1,3,5-7,13-14H,2,4,8-12H2. The molecule has 2 aromatic carbocycles. The monoisotopic (exact) mass is 454 g/mol. The lowest BCUT2D eigenvalue weighted by Gasteiger charge is -2.30. The predicted octanol–water partition coefficient (Wildman–Crippen LogP) is 3.32. The molecular formula is C21H21F3N2O4S. The fraction of sp³-hybridized carbons (Fsp3) is 0.381. The summed E-state index contributed by atoms with van der Waals surface area (Å²) < 4.78 is 71.4. The van der Waals surface area contributed by atoms with E-state index in [0.717, 1.165) is 12.1 Å². The zero-order valence-electron chi connectivity index (χ0n) is 16.6. The van der Waals surface area contributed by atoms with Gasteiger partial charge in [-0.05, 0) is 54.8 Å². The van der Waals surface area contributed by atoms with Crippen molar-refractivity contribution in [3.05, 3.63) is 59.2 Å². The van der Waals surface area contributed by atoms with Crippen LogP contribution in [-0.2, 0) is 27.4 Å². The number of rotatable bonds is 3. The summed E-state index contributed by atoms with van der Waals surface area (Å²) >= 11 is 0. The van der Waals surface area contributed by atoms with Crippen molar-refractivity contribution in [2.75, 3.05) is 37.7 Å². The fourth-order valence-corrected chi connectivity index (χ4v) is 5.32. The summed E-state index contributed by atoms with van der Waals surface area (Å²) in [5.74, 6) is -0.445. The molecule has 1 fully saturated rings. The third-order valence-corrected chi connectivity index (χ3v) is 7.35. The van der Waals surface area contributed by atoms with Gasteiger partial charge in [-0.3, -0.25) is 4.79 Å². The van der Waals surface area contributed by atoms with Crippen LogP contribution in [-0.4, -0.2) is 51.5 Å². The molecule has 10 heteroatoms. The smallest absolute Gasteiger partial charge is 0.379 e. The maximum absolute atomic E-state index is 13.2. The molecule has 31 heavy (non-hydrogen) atoms. The first-order valence-corrected chi connectivity index (χ1v) is 11.3. The molecule has 0 unspecified atom stereocenters. The molecule has 0 aromatic heterocycles. The molecule has 2 heterocycles. The summed E-state index contributed by atoms with van der Waals surface area (Å²) in [7, 11) is -3.77. The first-order valence-electron chi connectivity index (χ1n) is 9.88. The van der Waals surface area contributed by atoms with Crippen molar-refractivity contribution in [1.82, 2.24) is 4.31 Å². The molecule has 4 rings (SSSR count). The van der Waals surface area contributed by atoms with Crippen molar-refractivity contribution >= 4 is 21.6 Å². The number of halogens is 3. The minimum atomic E-state index is -4.45. The second kappa shape index (κ2) is 8.25. The number of carbonyl (C=O) groups is 1. The highest BCUT2D eigenvalue weighted by atomic mass is 32.2. The number of carbonyl (C=O) groups excluding carboxylic acids is 1. The lowest BCUT2D eigenvalue weighted by Crippen LogP contribution is -2.40. The van der Waals surface area contributed by atoms with Gasteiger partial charge in [0.1, 0.15) is 0 Å². The molecule has 0 atom stereocenters. The highest BCUT2D eigenvalue weighted by Gasteiger charge is 2.33. The number of fused-ring (bicyclic) bond motifs is 1. The molecule has 0 radical (unpaired) electrons. The van der Waals surface area contributed by atoms with Gasteiger partial charge in [0.15, 0.2) is 0 Å². The van der Waals surface area contributed by atoms with Crippen molar-refractivity contribution in [3.63, 3.8) is 0 Å². The van der Waals surface area contributed by atoms with E-state index in [2.05, 4.69) is 0 Å². The molecule has 6 nitrogen and oxygen atoms in total. The number of amides is 1. The third kappa shape index (κ3) is 4.32. The molecule has 0 spiro atoms. The number of benzene rings is 2. The van der Waals surface area contributed by atoms with E-state index in [4.69, 9.17) is 4.74 Å². The Bertz CT molecular complexity index is 1100. The summed E-state index contributed by atoms with van der Waals surface area (Å²) in [5, 5.41) is 0. The van der Waals surface area contributed by atoms with E-state index in [9.17, 15) is 26.4 Å². The fourth-order valence-electron chi connectivity index (χ4n) is 3.87. The van der Waals surface area contributed by atoms with Gasteiger partial charge in [-0.15, -0.1) is 0 Å². The topological polar surface area (TPSA) is 66.9 Å². The lowest BCUT2D eigenvalue weighted by atomic mass is 9.98. The number of morpholine rings is 1. The van der Waals surface area contributed by atoms with E-state index in [-0.39, 0.29) is 23.5 Å². The number of aryl methyl sites for hydroxylation is 1. The van der Waals surface area contributed by atoms with Crippen LogP contribution in [0.1, 0.15) is 27.9 Å². The number of anilines is 1. The molecule has 0 bridgehead atoms. The molecule has 0 aliphatic carbocycles. The minimum Gasteiger partial charge on any atom is -0.379 e. The second-order valence-electron chi connectivity index (χ2n) is 7.45. The quantitative estimate of drug-likeness (QED) is 0.714. The van der Waals surface area contributed by atoms with Crippen molar-refractivity contribution in [1.29, 1.82) is 0 Å². The van der Waals surface area contributed by atoms with Gasteiger partial charge in [-0.25, -0.2) is 8.42 Å². The van der Waals surface area contributed by atoms with Gasteiger partial charge >= 0.3 is 6.18 Å². The number of nitrogens with zero attached hydrogens (tertiary/aromatic N) is 2. The van der Waals surface area contributed by atoms with Crippen LogP contribution in [0.4, 0.5) is 18.9 Å². The Morgan fingerprint density at radius 2 is 1.74 bits per heavy atom. The highest BCUT2D eigenvalue weighted by molar-refractivity contribution is 7.89. The number of sulfonamides is 1. The average Bonchev–Trinajstić information content (AvgIpc) is 2.78. The summed E-state index contributed by atoms with van der Waals surface area (Å²) in [5.41, 5.74) is 0.290. The van der Waals surface area contributed by atoms with Gasteiger partial charge in [-0.1, -0.05) is 6.07 Å². The van der Waals surface area contributed by atoms with Gasteiger partial charge < -0.3 is 9.64 Å². The number of alkyl halides is 3. The van der Waals surface area contributed by atoms with Crippen LogP contribution in [0, 0.1) is 0 Å². The van der Waals surface area contributed by atoms with Crippen molar-refractivity contribution in [2.45, 2.75) is 23.9 Å². The van der Waals surface area contributed by atoms with E-state index in [1.807, 2.05) is 0 Å². The Morgan fingerprint density at radius 3 is 2.45 bits per heavy atom. The average molecular weight is 454 g/mol. The van der Waals surface area contributed by atoms with Crippen molar-refractivity contribution in [3.8, 4) is 0 Å². The molecule has 1 amide bonds. The van der Waals surface area contributed by atoms with Crippen LogP contribution in [0.3, 0.4) is 0 Å². The van der Waals surface area contributed by atoms with E-state index >= 15 is 0 Å². The largest absolute Gasteiger partial charge is 0.416 e. The molecule has 2 aromatic rings. The van der Waals surface area contributed by atoms with Gasteiger partial charge in [0.2, 0.25) is 10.0 Å². The molecule has 2 aliphatic heterocycles. The lowest BCUT2D eigenvalue weighted by molar-refractivity contribution is -0.137. The van der Waals surface area contributed by atoms with Crippen LogP contribution in [0.2, 0.25) is 0 Å². The number of ether oxygens (including phenoxy) is 1. The van der Waals surface area contributed by atoms with Crippen LogP contribution in [0.5, 0.6) is 0 Å². The Hall–Kier alpha value is -2.43. The van der Waals surface area contributed by atoms with E-state index < -0.39 is 27.7 Å². The minimum absolute atomic E-state index is 0.00454. The van der Waals surface area contributed by atoms with Crippen LogP contribution in [0.15, 0.2) is 47.4 Å². The Morgan fingerprint density at radius 1 is 1.00 bits per heavy atom. The first kappa shape index (κ1) is 21.8. The van der Waals surface area contributed by atoms with Crippen LogP contribution < -0.4 is 4.90 Å². The second-order valence-corrected chi connectivity index (χ2v) is 9.38. The van der Waals surface area contributed by atoms with Gasteiger partial charge in [0.05, 0.1) is 23.7 Å². The summed E-state index contributed by atoms with van der Waals surface area (Å²) in [4.78, 5) is 14.6. The van der Waals surface area contributed by atoms with E-state index in [0.29, 0.717) is 43.9 Å².